The lowest BCUT2D eigenvalue weighted by Crippen LogP contribution is -2.41. The van der Waals surface area contributed by atoms with Crippen LogP contribution < -0.4 is 5.73 Å². The molecule has 1 aliphatic rings. The van der Waals surface area contributed by atoms with Gasteiger partial charge in [0.15, 0.2) is 0 Å². The highest BCUT2D eigenvalue weighted by Gasteiger charge is 2.34. The van der Waals surface area contributed by atoms with Gasteiger partial charge in [0.25, 0.3) is 0 Å². The van der Waals surface area contributed by atoms with Gasteiger partial charge in [-0.25, -0.2) is 0 Å². The van der Waals surface area contributed by atoms with Crippen LogP contribution in [-0.4, -0.2) is 16.3 Å². The van der Waals surface area contributed by atoms with Gasteiger partial charge < -0.3 is 15.9 Å². The zero-order chi connectivity index (χ0) is 10.9. The minimum Gasteiger partial charge on any atom is -0.508 e. The maximum Gasteiger partial charge on any atom is 0.120 e. The molecular formula is C12H17NO2. The van der Waals surface area contributed by atoms with Gasteiger partial charge in [-0.2, -0.15) is 0 Å². The van der Waals surface area contributed by atoms with Crippen molar-refractivity contribution in [1.29, 1.82) is 0 Å². The summed E-state index contributed by atoms with van der Waals surface area (Å²) in [6.07, 6.45) is 2.65. The molecule has 3 nitrogen and oxygen atoms in total. The Kier molecular flexibility index (Phi) is 2.67. The fourth-order valence-corrected chi connectivity index (χ4v) is 2.28. The molecule has 1 saturated carbocycles. The standard InChI is InChI=1S/C12H17NO2/c13-12(7-5-9(14)6-8-12)10-3-1-2-4-11(10)15/h1-4,9,14-15H,5-8,13H2. The number of benzene rings is 1. The summed E-state index contributed by atoms with van der Waals surface area (Å²) >= 11 is 0. The summed E-state index contributed by atoms with van der Waals surface area (Å²) in [5, 5.41) is 19.2. The molecule has 2 rings (SSSR count). The molecule has 1 fully saturated rings. The summed E-state index contributed by atoms with van der Waals surface area (Å²) in [6, 6.07) is 7.20. The van der Waals surface area contributed by atoms with Crippen molar-refractivity contribution in [2.45, 2.75) is 37.3 Å². The number of hydrogen-bond acceptors (Lipinski definition) is 3. The van der Waals surface area contributed by atoms with E-state index in [1.54, 1.807) is 12.1 Å². The van der Waals surface area contributed by atoms with E-state index in [0.29, 0.717) is 12.8 Å². The van der Waals surface area contributed by atoms with E-state index in [1.807, 2.05) is 12.1 Å². The number of rotatable bonds is 1. The number of para-hydroxylation sites is 1. The largest absolute Gasteiger partial charge is 0.508 e. The normalized spacial score (nSPS) is 31.5. The first kappa shape index (κ1) is 10.5. The Morgan fingerprint density at radius 1 is 1.20 bits per heavy atom. The molecule has 4 N–H and O–H groups in total. The van der Waals surface area contributed by atoms with Crippen LogP contribution >= 0.6 is 0 Å². The molecule has 82 valence electrons. The van der Waals surface area contributed by atoms with Gasteiger partial charge in [0.2, 0.25) is 0 Å². The van der Waals surface area contributed by atoms with E-state index in [2.05, 4.69) is 0 Å². The van der Waals surface area contributed by atoms with E-state index in [4.69, 9.17) is 5.73 Å². The van der Waals surface area contributed by atoms with E-state index in [1.165, 1.54) is 0 Å². The number of phenolic OH excluding ortho intramolecular Hbond substituents is 1. The van der Waals surface area contributed by atoms with Crippen LogP contribution in [0.3, 0.4) is 0 Å². The Bertz CT molecular complexity index is 343. The van der Waals surface area contributed by atoms with Gasteiger partial charge in [-0.1, -0.05) is 18.2 Å². The van der Waals surface area contributed by atoms with Gasteiger partial charge in [0.05, 0.1) is 6.10 Å². The highest BCUT2D eigenvalue weighted by Crippen LogP contribution is 2.38. The smallest absolute Gasteiger partial charge is 0.120 e. The third-order valence-corrected chi connectivity index (χ3v) is 3.29. The molecule has 0 aliphatic heterocycles. The first-order valence-electron chi connectivity index (χ1n) is 5.37. The Hall–Kier alpha value is -1.06. The predicted octanol–water partition coefficient (Wildman–Crippen LogP) is 1.48. The lowest BCUT2D eigenvalue weighted by atomic mass is 9.76. The van der Waals surface area contributed by atoms with Gasteiger partial charge in [-0.15, -0.1) is 0 Å². The van der Waals surface area contributed by atoms with Crippen molar-refractivity contribution in [2.75, 3.05) is 0 Å². The number of phenols is 1. The lowest BCUT2D eigenvalue weighted by Gasteiger charge is -2.36. The molecule has 0 heterocycles. The van der Waals surface area contributed by atoms with Crippen LogP contribution in [0.1, 0.15) is 31.2 Å². The SMILES string of the molecule is NC1(c2ccccc2O)CCC(O)CC1. The van der Waals surface area contributed by atoms with Crippen LogP contribution in [0.5, 0.6) is 5.75 Å². The maximum atomic E-state index is 9.75. The molecule has 0 radical (unpaired) electrons. The highest BCUT2D eigenvalue weighted by molar-refractivity contribution is 5.38. The van der Waals surface area contributed by atoms with Gasteiger partial charge in [0, 0.05) is 11.1 Å². The minimum absolute atomic E-state index is 0.229. The minimum atomic E-state index is -0.468. The van der Waals surface area contributed by atoms with Crippen molar-refractivity contribution >= 4 is 0 Å². The number of aromatic hydroxyl groups is 1. The van der Waals surface area contributed by atoms with Crippen LogP contribution in [-0.2, 0) is 5.54 Å². The molecule has 1 aliphatic carbocycles. The van der Waals surface area contributed by atoms with E-state index in [0.717, 1.165) is 18.4 Å². The van der Waals surface area contributed by atoms with Gasteiger partial charge >= 0.3 is 0 Å². The molecule has 1 aromatic rings. The second-order valence-electron chi connectivity index (χ2n) is 4.40. The molecule has 3 heteroatoms. The highest BCUT2D eigenvalue weighted by atomic mass is 16.3. The first-order valence-corrected chi connectivity index (χ1v) is 5.37. The van der Waals surface area contributed by atoms with Crippen LogP contribution in [0.25, 0.3) is 0 Å². The number of nitrogens with two attached hydrogens (primary N) is 1. The van der Waals surface area contributed by atoms with E-state index >= 15 is 0 Å². The fourth-order valence-electron chi connectivity index (χ4n) is 2.28. The van der Waals surface area contributed by atoms with Crippen LogP contribution in [0, 0.1) is 0 Å². The summed E-state index contributed by atoms with van der Waals surface area (Å²) in [5.41, 5.74) is 6.61. The monoisotopic (exact) mass is 207 g/mol. The molecule has 0 unspecified atom stereocenters. The second-order valence-corrected chi connectivity index (χ2v) is 4.40. The molecule has 0 saturated heterocycles. The number of hydrogen-bond donors (Lipinski definition) is 3. The molecular weight excluding hydrogens is 190 g/mol. The van der Waals surface area contributed by atoms with E-state index in [-0.39, 0.29) is 11.9 Å². The second kappa shape index (κ2) is 3.83. The van der Waals surface area contributed by atoms with E-state index in [9.17, 15) is 10.2 Å². The summed E-state index contributed by atoms with van der Waals surface area (Å²) in [5.74, 6) is 0.261. The maximum absolute atomic E-state index is 9.75. The third-order valence-electron chi connectivity index (χ3n) is 3.29. The zero-order valence-corrected chi connectivity index (χ0v) is 8.69. The molecule has 1 aromatic carbocycles. The molecule has 0 bridgehead atoms. The Morgan fingerprint density at radius 3 is 2.40 bits per heavy atom. The van der Waals surface area contributed by atoms with Crippen molar-refractivity contribution in [3.63, 3.8) is 0 Å². The van der Waals surface area contributed by atoms with Crippen molar-refractivity contribution in [2.24, 2.45) is 5.73 Å². The topological polar surface area (TPSA) is 66.5 Å². The molecule has 15 heavy (non-hydrogen) atoms. The average Bonchev–Trinajstić information content (AvgIpc) is 2.23. The Balaban J connectivity index is 2.26. The summed E-state index contributed by atoms with van der Waals surface area (Å²) in [4.78, 5) is 0. The van der Waals surface area contributed by atoms with Crippen molar-refractivity contribution in [3.05, 3.63) is 29.8 Å². The van der Waals surface area contributed by atoms with Crippen LogP contribution in [0.4, 0.5) is 0 Å². The molecule has 0 amide bonds. The van der Waals surface area contributed by atoms with Gasteiger partial charge in [0.1, 0.15) is 5.75 Å². The van der Waals surface area contributed by atoms with Crippen LogP contribution in [0.15, 0.2) is 24.3 Å². The summed E-state index contributed by atoms with van der Waals surface area (Å²) in [6.45, 7) is 0. The third kappa shape index (κ3) is 1.98. The van der Waals surface area contributed by atoms with Crippen molar-refractivity contribution < 1.29 is 10.2 Å². The van der Waals surface area contributed by atoms with Crippen molar-refractivity contribution in [1.82, 2.24) is 0 Å². The van der Waals surface area contributed by atoms with Crippen LogP contribution in [0.2, 0.25) is 0 Å². The Labute approximate surface area is 89.5 Å². The first-order chi connectivity index (χ1) is 7.12. The Morgan fingerprint density at radius 2 is 1.80 bits per heavy atom. The lowest BCUT2D eigenvalue weighted by molar-refractivity contribution is 0.0960. The van der Waals surface area contributed by atoms with E-state index < -0.39 is 5.54 Å². The predicted molar refractivity (Wildman–Crippen MR) is 58.4 cm³/mol. The molecule has 0 spiro atoms. The average molecular weight is 207 g/mol. The van der Waals surface area contributed by atoms with Gasteiger partial charge in [-0.05, 0) is 31.7 Å². The zero-order valence-electron chi connectivity index (χ0n) is 8.69. The fraction of sp³-hybridized carbons (Fsp3) is 0.500. The number of aliphatic hydroxyl groups is 1. The number of aliphatic hydroxyl groups excluding tert-OH is 1. The summed E-state index contributed by atoms with van der Waals surface area (Å²) < 4.78 is 0. The quantitative estimate of drug-likeness (QED) is 0.653. The molecule has 0 aromatic heterocycles. The van der Waals surface area contributed by atoms with Gasteiger partial charge in [-0.3, -0.25) is 0 Å². The summed E-state index contributed by atoms with van der Waals surface area (Å²) in [7, 11) is 0. The molecule has 0 atom stereocenters. The van der Waals surface area contributed by atoms with Crippen molar-refractivity contribution in [3.8, 4) is 5.75 Å².